The summed E-state index contributed by atoms with van der Waals surface area (Å²) in [6, 6.07) is 24.6. The van der Waals surface area contributed by atoms with Gasteiger partial charge in [-0.05, 0) is 30.5 Å². The summed E-state index contributed by atoms with van der Waals surface area (Å²) in [6.07, 6.45) is 0.452. The molecule has 4 aromatic rings. The van der Waals surface area contributed by atoms with Gasteiger partial charge in [0.25, 0.3) is 0 Å². The van der Waals surface area contributed by atoms with E-state index in [0.717, 1.165) is 11.1 Å². The lowest BCUT2D eigenvalue weighted by Gasteiger charge is -2.37. The van der Waals surface area contributed by atoms with Crippen molar-refractivity contribution in [1.82, 2.24) is 9.78 Å². The Morgan fingerprint density at radius 1 is 0.949 bits per heavy atom. The molecule has 2 aliphatic rings. The normalized spacial score (nSPS) is 20.2. The van der Waals surface area contributed by atoms with Crippen LogP contribution >= 0.6 is 0 Å². The number of aliphatic hydroxyl groups is 1. The summed E-state index contributed by atoms with van der Waals surface area (Å²) >= 11 is 0. The average Bonchev–Trinajstić information content (AvgIpc) is 3.38. The van der Waals surface area contributed by atoms with E-state index in [1.54, 1.807) is 4.68 Å². The number of allylic oxidation sites excluding steroid dienone is 1. The second-order valence-corrected chi connectivity index (χ2v) is 11.2. The van der Waals surface area contributed by atoms with Crippen LogP contribution in [0.5, 0.6) is 0 Å². The third-order valence-corrected chi connectivity index (χ3v) is 7.74. The number of para-hydroxylation sites is 1. The van der Waals surface area contributed by atoms with E-state index in [2.05, 4.69) is 5.32 Å². The lowest BCUT2D eigenvalue weighted by atomic mass is 9.62. The molecular weight excluding hydrogens is 488 g/mol. The van der Waals surface area contributed by atoms with Crippen LogP contribution in [0.1, 0.15) is 43.4 Å². The van der Waals surface area contributed by atoms with Gasteiger partial charge in [-0.3, -0.25) is 9.59 Å². The van der Waals surface area contributed by atoms with Gasteiger partial charge in [0.15, 0.2) is 5.78 Å². The molecule has 1 aliphatic carbocycles. The van der Waals surface area contributed by atoms with Gasteiger partial charge in [-0.25, -0.2) is 4.68 Å². The van der Waals surface area contributed by atoms with Crippen molar-refractivity contribution in [3.05, 3.63) is 107 Å². The highest BCUT2D eigenvalue weighted by molar-refractivity contribution is 6.19. The number of hydrogen-bond donors (Lipinski definition) is 3. The number of carbonyl (C=O) groups is 2. The highest BCUT2D eigenvalue weighted by Crippen LogP contribution is 2.56. The van der Waals surface area contributed by atoms with Gasteiger partial charge in [0.05, 0.1) is 17.0 Å². The average molecular weight is 519 g/mol. The van der Waals surface area contributed by atoms with Crippen molar-refractivity contribution in [2.24, 2.45) is 5.41 Å². The number of aromatic nitrogens is 2. The zero-order valence-electron chi connectivity index (χ0n) is 22.2. The molecule has 0 radical (unpaired) electrons. The van der Waals surface area contributed by atoms with Crippen molar-refractivity contribution in [1.29, 1.82) is 0 Å². The zero-order chi connectivity index (χ0) is 27.5. The van der Waals surface area contributed by atoms with Crippen LogP contribution in [0.2, 0.25) is 0 Å². The molecule has 0 saturated carbocycles. The number of benzene rings is 3. The highest BCUT2D eigenvalue weighted by atomic mass is 16.3. The third kappa shape index (κ3) is 3.68. The topological polar surface area (TPSA) is 110 Å². The highest BCUT2D eigenvalue weighted by Gasteiger charge is 2.59. The minimum atomic E-state index is -1.69. The van der Waals surface area contributed by atoms with Crippen molar-refractivity contribution in [2.75, 3.05) is 11.1 Å². The van der Waals surface area contributed by atoms with E-state index >= 15 is 0 Å². The first kappa shape index (κ1) is 24.7. The summed E-state index contributed by atoms with van der Waals surface area (Å²) in [4.78, 5) is 28.4. The number of carbonyl (C=O) groups excluding carboxylic acids is 2. The van der Waals surface area contributed by atoms with E-state index in [9.17, 15) is 14.7 Å². The second-order valence-electron chi connectivity index (χ2n) is 11.2. The summed E-state index contributed by atoms with van der Waals surface area (Å²) in [6.45, 7) is 5.81. The molecule has 1 atom stereocenters. The largest absolute Gasteiger partial charge is 0.512 e. The van der Waals surface area contributed by atoms with E-state index in [0.29, 0.717) is 28.2 Å². The molecule has 4 N–H and O–H groups in total. The fourth-order valence-electron chi connectivity index (χ4n) is 6.12. The molecule has 1 aliphatic heterocycles. The number of aliphatic hydroxyl groups excluding tert-OH is 1. The lowest BCUT2D eigenvalue weighted by molar-refractivity contribution is -0.124. The molecule has 0 bridgehead atoms. The van der Waals surface area contributed by atoms with Gasteiger partial charge in [0.1, 0.15) is 17.0 Å². The molecule has 196 valence electrons. The van der Waals surface area contributed by atoms with Crippen LogP contribution < -0.4 is 11.1 Å². The lowest BCUT2D eigenvalue weighted by Crippen LogP contribution is -2.44. The Bertz CT molecular complexity index is 1670. The van der Waals surface area contributed by atoms with E-state index in [-0.39, 0.29) is 35.8 Å². The van der Waals surface area contributed by atoms with Crippen LogP contribution in [0.15, 0.2) is 90.2 Å². The summed E-state index contributed by atoms with van der Waals surface area (Å²) < 4.78 is 1.61. The Hall–Kier alpha value is -4.65. The van der Waals surface area contributed by atoms with E-state index in [1.165, 1.54) is 0 Å². The Morgan fingerprint density at radius 2 is 1.62 bits per heavy atom. The molecule has 1 amide bonds. The number of hydrogen-bond acceptors (Lipinski definition) is 5. The third-order valence-electron chi connectivity index (χ3n) is 7.74. The molecule has 3 aromatic carbocycles. The number of nitrogen functional groups attached to an aromatic ring is 1. The van der Waals surface area contributed by atoms with E-state index in [1.807, 2.05) is 99.6 Å². The first-order valence-electron chi connectivity index (χ1n) is 13.0. The SMILES string of the molecule is Cc1ccc2c(c1)C(C1=C(O)CC(C)(C)CC1=O)(c1c(-c3ccccc3)nn(-c3ccccc3)c1N)C(=O)N2. The van der Waals surface area contributed by atoms with E-state index < -0.39 is 16.7 Å². The molecule has 0 saturated heterocycles. The predicted molar refractivity (Wildman–Crippen MR) is 152 cm³/mol. The van der Waals surface area contributed by atoms with Crippen molar-refractivity contribution in [3.8, 4) is 16.9 Å². The van der Waals surface area contributed by atoms with Crippen molar-refractivity contribution in [3.63, 3.8) is 0 Å². The maximum Gasteiger partial charge on any atom is 0.244 e. The monoisotopic (exact) mass is 518 g/mol. The van der Waals surface area contributed by atoms with Gasteiger partial charge < -0.3 is 16.2 Å². The van der Waals surface area contributed by atoms with Gasteiger partial charge >= 0.3 is 0 Å². The maximum atomic E-state index is 14.4. The standard InChI is InChI=1S/C32H30N4O3/c1-19-14-15-23-22(16-19)32(30(39)34-23,26-24(37)17-31(2,3)18-25(26)38)27-28(20-10-6-4-7-11-20)35-36(29(27)33)21-12-8-5-9-13-21/h4-16,37H,17-18,33H2,1-3H3,(H,34,39). The van der Waals surface area contributed by atoms with Gasteiger partial charge in [0, 0.05) is 35.2 Å². The van der Waals surface area contributed by atoms with Crippen molar-refractivity contribution < 1.29 is 14.7 Å². The van der Waals surface area contributed by atoms with Crippen molar-refractivity contribution in [2.45, 2.75) is 39.0 Å². The van der Waals surface area contributed by atoms with Gasteiger partial charge in [-0.15, -0.1) is 0 Å². The molecule has 0 spiro atoms. The van der Waals surface area contributed by atoms with Crippen LogP contribution in [0.25, 0.3) is 16.9 Å². The molecule has 7 nitrogen and oxygen atoms in total. The first-order valence-corrected chi connectivity index (χ1v) is 13.0. The van der Waals surface area contributed by atoms with Crippen LogP contribution in [-0.4, -0.2) is 26.6 Å². The number of aryl methyl sites for hydroxylation is 1. The molecular formula is C32H30N4O3. The van der Waals surface area contributed by atoms with Crippen LogP contribution in [0.3, 0.4) is 0 Å². The molecule has 1 unspecified atom stereocenters. The Labute approximate surface area is 227 Å². The number of fused-ring (bicyclic) bond motifs is 1. The minimum Gasteiger partial charge on any atom is -0.512 e. The quantitative estimate of drug-likeness (QED) is 0.313. The molecule has 6 rings (SSSR count). The predicted octanol–water partition coefficient (Wildman–Crippen LogP) is 5.87. The summed E-state index contributed by atoms with van der Waals surface area (Å²) in [5.74, 6) is -0.581. The van der Waals surface area contributed by atoms with Gasteiger partial charge in [-0.2, -0.15) is 5.10 Å². The zero-order valence-corrected chi connectivity index (χ0v) is 22.2. The van der Waals surface area contributed by atoms with Gasteiger partial charge in [0.2, 0.25) is 5.91 Å². The summed E-state index contributed by atoms with van der Waals surface area (Å²) in [7, 11) is 0. The fraction of sp³-hybridized carbons (Fsp3) is 0.219. The molecule has 0 fully saturated rings. The summed E-state index contributed by atoms with van der Waals surface area (Å²) in [5, 5.41) is 19.5. The van der Waals surface area contributed by atoms with E-state index in [4.69, 9.17) is 10.8 Å². The van der Waals surface area contributed by atoms with Crippen LogP contribution in [0, 0.1) is 12.3 Å². The molecule has 7 heteroatoms. The number of rotatable bonds is 4. The second kappa shape index (κ2) is 8.70. The maximum absolute atomic E-state index is 14.4. The Morgan fingerprint density at radius 3 is 2.28 bits per heavy atom. The molecule has 39 heavy (non-hydrogen) atoms. The molecule has 2 heterocycles. The summed E-state index contributed by atoms with van der Waals surface area (Å²) in [5.41, 5.74) is 9.26. The smallest absolute Gasteiger partial charge is 0.244 e. The first-order chi connectivity index (χ1) is 18.6. The number of ketones is 1. The number of anilines is 2. The number of amides is 1. The van der Waals surface area contributed by atoms with Crippen LogP contribution in [-0.2, 0) is 15.0 Å². The number of nitrogens with zero attached hydrogens (tertiary/aromatic N) is 2. The minimum absolute atomic E-state index is 0.0696. The number of nitrogens with one attached hydrogen (secondary N) is 1. The fourth-order valence-corrected chi connectivity index (χ4v) is 6.12. The number of Topliss-reactive ketones (excluding diaryl/α,β-unsaturated/α-hetero) is 1. The Balaban J connectivity index is 1.78. The Kier molecular flexibility index (Phi) is 5.50. The van der Waals surface area contributed by atoms with Gasteiger partial charge in [-0.1, -0.05) is 80.1 Å². The van der Waals surface area contributed by atoms with Crippen molar-refractivity contribution >= 4 is 23.2 Å². The van der Waals surface area contributed by atoms with Crippen LogP contribution in [0.4, 0.5) is 11.5 Å². The number of nitrogens with two attached hydrogens (primary N) is 1. The molecule has 1 aromatic heterocycles.